The van der Waals surface area contributed by atoms with Gasteiger partial charge in [0.05, 0.1) is 43.0 Å². The second-order valence-corrected chi connectivity index (χ2v) is 12.9. The number of urea groups is 2. The Morgan fingerprint density at radius 2 is 1.35 bits per heavy atom. The summed E-state index contributed by atoms with van der Waals surface area (Å²) in [5.41, 5.74) is -2.68. The minimum absolute atomic E-state index is 0.0284. The van der Waals surface area contributed by atoms with Gasteiger partial charge in [0, 0.05) is 17.8 Å². The van der Waals surface area contributed by atoms with E-state index in [1.165, 1.54) is 6.07 Å². The van der Waals surface area contributed by atoms with Crippen molar-refractivity contribution in [3.63, 3.8) is 0 Å². The lowest BCUT2D eigenvalue weighted by molar-refractivity contribution is -0.293. The molecule has 2 saturated heterocycles. The van der Waals surface area contributed by atoms with Crippen molar-refractivity contribution in [3.05, 3.63) is 59.7 Å². The van der Waals surface area contributed by atoms with E-state index in [0.29, 0.717) is 25.0 Å². The minimum atomic E-state index is -4.74. The molecule has 9 N–H and O–H groups in total. The number of benzene rings is 2. The minimum Gasteiger partial charge on any atom is -0.394 e. The molecule has 21 heteroatoms. The van der Waals surface area contributed by atoms with Crippen LogP contribution < -0.4 is 26.6 Å². The number of aliphatic hydroxyl groups is 4. The number of rotatable bonds is 13. The number of aliphatic hydroxyl groups excluding tert-OH is 4. The molecule has 0 unspecified atom stereocenters. The predicted octanol–water partition coefficient (Wildman–Crippen LogP) is 2.69. The summed E-state index contributed by atoms with van der Waals surface area (Å²) >= 11 is 0. The molecule has 5 amide bonds. The van der Waals surface area contributed by atoms with Crippen molar-refractivity contribution in [2.45, 2.75) is 99.9 Å². The third kappa shape index (κ3) is 11.9. The molecule has 0 saturated carbocycles. The summed E-state index contributed by atoms with van der Waals surface area (Å²) in [5.74, 6) is -0.522. The van der Waals surface area contributed by atoms with Crippen LogP contribution >= 0.6 is 0 Å². The molecule has 0 radical (unpaired) electrons. The van der Waals surface area contributed by atoms with Crippen LogP contribution in [0.25, 0.3) is 0 Å². The zero-order valence-electron chi connectivity index (χ0n) is 29.3. The number of unbranched alkanes of at least 4 members (excludes halogenated alkanes) is 2. The largest absolute Gasteiger partial charge is 0.416 e. The monoisotopic (exact) mass is 795 g/mol. The maximum atomic E-state index is 13.3. The molecule has 4 rings (SSSR count). The Bertz CT molecular complexity index is 1600. The summed E-state index contributed by atoms with van der Waals surface area (Å²) in [6, 6.07) is 0.767. The molecule has 306 valence electrons. The van der Waals surface area contributed by atoms with Crippen LogP contribution in [-0.4, -0.2) is 113 Å². The van der Waals surface area contributed by atoms with Gasteiger partial charge in [-0.1, -0.05) is 31.9 Å². The van der Waals surface area contributed by atoms with E-state index in [0.717, 1.165) is 36.8 Å². The van der Waals surface area contributed by atoms with Crippen molar-refractivity contribution < 1.29 is 75.4 Å². The number of ether oxygens (including phenoxy) is 3. The molecule has 0 spiro atoms. The summed E-state index contributed by atoms with van der Waals surface area (Å²) in [5, 5.41) is 53.8. The highest BCUT2D eigenvalue weighted by molar-refractivity contribution is 5.90. The highest BCUT2D eigenvalue weighted by Gasteiger charge is 2.50. The lowest BCUT2D eigenvalue weighted by Gasteiger charge is -2.47. The second kappa shape index (κ2) is 19.1. The SMILES string of the molecule is CCCCCC(=O)N[C@@H]1[C@H](O[C@@H]2O[C@H](CO)[C@@H](O)[C@H](O)[C@H]2NC(=O)Nc2cccc(C(F)(F)F)c2)[C@@H](NC(=O)Nc2cccc(C(F)(F)F)c2)CO[C@@H]1CO. The fourth-order valence-corrected chi connectivity index (χ4v) is 6.03. The normalized spacial score (nSPS) is 27.1. The molecule has 2 aliphatic rings. The maximum absolute atomic E-state index is 13.3. The van der Waals surface area contributed by atoms with Crippen LogP contribution in [0.3, 0.4) is 0 Å². The number of alkyl halides is 6. The Morgan fingerprint density at radius 1 is 0.782 bits per heavy atom. The van der Waals surface area contributed by atoms with E-state index >= 15 is 0 Å². The molecule has 2 aromatic carbocycles. The third-order valence-electron chi connectivity index (χ3n) is 8.84. The molecular formula is C34H43F6N5O10. The molecule has 55 heavy (non-hydrogen) atoms. The first-order chi connectivity index (χ1) is 25.9. The standard InChI is InChI=1S/C34H43F6N5O10/c1-2-3-4-11-24(48)44-25-22(14-46)53-16-21(43-31(51)41-19-9-5-7-17(12-19)33(35,36)37)29(25)55-30-26(28(50)27(49)23(15-47)54-30)45-32(52)42-20-10-6-8-18(13-20)34(38,39)40/h5-10,12-13,21-23,25-30,46-47,49-50H,2-4,11,14-16H2,1H3,(H,44,48)(H2,41,43,51)(H2,42,45,52)/t21-,22+,23+,25-,26+,27+,28+,29+,30-/m0/s1. The Morgan fingerprint density at radius 3 is 1.87 bits per heavy atom. The molecule has 0 aromatic heterocycles. The van der Waals surface area contributed by atoms with Crippen molar-refractivity contribution >= 4 is 29.3 Å². The number of halogens is 6. The highest BCUT2D eigenvalue weighted by Crippen LogP contribution is 2.32. The van der Waals surface area contributed by atoms with Gasteiger partial charge < -0.3 is 61.2 Å². The summed E-state index contributed by atoms with van der Waals surface area (Å²) in [7, 11) is 0. The Hall–Kier alpha value is -4.25. The summed E-state index contributed by atoms with van der Waals surface area (Å²) in [6.45, 7) is -0.0919. The van der Waals surface area contributed by atoms with Crippen LogP contribution in [-0.2, 0) is 31.4 Å². The first-order valence-electron chi connectivity index (χ1n) is 17.2. The van der Waals surface area contributed by atoms with Crippen LogP contribution in [0.4, 0.5) is 47.3 Å². The lowest BCUT2D eigenvalue weighted by Crippen LogP contribution is -2.70. The fraction of sp³-hybridized carbons (Fsp3) is 0.559. The first-order valence-corrected chi connectivity index (χ1v) is 17.2. The third-order valence-corrected chi connectivity index (χ3v) is 8.84. The molecule has 2 aromatic rings. The van der Waals surface area contributed by atoms with Gasteiger partial charge in [0.1, 0.15) is 36.6 Å². The first kappa shape index (κ1) is 43.5. The van der Waals surface area contributed by atoms with Crippen molar-refractivity contribution in [2.75, 3.05) is 30.5 Å². The van der Waals surface area contributed by atoms with Gasteiger partial charge >= 0.3 is 24.4 Å². The van der Waals surface area contributed by atoms with Gasteiger partial charge in [-0.2, -0.15) is 26.3 Å². The van der Waals surface area contributed by atoms with Gasteiger partial charge in [-0.15, -0.1) is 0 Å². The summed E-state index contributed by atoms with van der Waals surface area (Å²) < 4.78 is 97.4. The van der Waals surface area contributed by atoms with E-state index in [1.807, 2.05) is 6.92 Å². The van der Waals surface area contributed by atoms with E-state index in [1.54, 1.807) is 0 Å². The molecule has 2 fully saturated rings. The number of hydrogen-bond acceptors (Lipinski definition) is 10. The zero-order valence-corrected chi connectivity index (χ0v) is 29.3. The number of hydrogen-bond donors (Lipinski definition) is 9. The average molecular weight is 796 g/mol. The Labute approximate surface area is 310 Å². The van der Waals surface area contributed by atoms with Crippen LogP contribution in [0.1, 0.15) is 43.7 Å². The van der Waals surface area contributed by atoms with Crippen molar-refractivity contribution in [1.29, 1.82) is 0 Å². The molecule has 2 heterocycles. The molecule has 2 aliphatic heterocycles. The highest BCUT2D eigenvalue weighted by atomic mass is 19.4. The smallest absolute Gasteiger partial charge is 0.394 e. The number of anilines is 2. The Balaban J connectivity index is 1.64. The van der Waals surface area contributed by atoms with Gasteiger partial charge in [0.2, 0.25) is 5.91 Å². The number of carbonyl (C=O) groups excluding carboxylic acids is 3. The van der Waals surface area contributed by atoms with E-state index in [9.17, 15) is 61.2 Å². The second-order valence-electron chi connectivity index (χ2n) is 12.9. The molecular weight excluding hydrogens is 752 g/mol. The van der Waals surface area contributed by atoms with Gasteiger partial charge in [-0.3, -0.25) is 4.79 Å². The number of nitrogens with one attached hydrogen (secondary N) is 5. The van der Waals surface area contributed by atoms with Gasteiger partial charge in [-0.25, -0.2) is 9.59 Å². The zero-order chi connectivity index (χ0) is 40.5. The molecule has 0 bridgehead atoms. The van der Waals surface area contributed by atoms with E-state index in [-0.39, 0.29) is 17.8 Å². The summed E-state index contributed by atoms with van der Waals surface area (Å²) in [4.78, 5) is 39.3. The van der Waals surface area contributed by atoms with Gasteiger partial charge in [0.15, 0.2) is 6.29 Å². The molecule has 0 aliphatic carbocycles. The van der Waals surface area contributed by atoms with Gasteiger partial charge in [-0.05, 0) is 42.8 Å². The predicted molar refractivity (Wildman–Crippen MR) is 180 cm³/mol. The van der Waals surface area contributed by atoms with Crippen LogP contribution in [0, 0.1) is 0 Å². The fourth-order valence-electron chi connectivity index (χ4n) is 6.03. The van der Waals surface area contributed by atoms with Crippen molar-refractivity contribution in [3.8, 4) is 0 Å². The average Bonchev–Trinajstić information content (AvgIpc) is 3.12. The van der Waals surface area contributed by atoms with Crippen molar-refractivity contribution in [1.82, 2.24) is 16.0 Å². The topological polar surface area (TPSA) is 220 Å². The van der Waals surface area contributed by atoms with Crippen LogP contribution in [0.2, 0.25) is 0 Å². The van der Waals surface area contributed by atoms with Crippen LogP contribution in [0.15, 0.2) is 48.5 Å². The summed E-state index contributed by atoms with van der Waals surface area (Å²) in [6.07, 6.45) is -17.3. The maximum Gasteiger partial charge on any atom is 0.416 e. The van der Waals surface area contributed by atoms with Gasteiger partial charge in [0.25, 0.3) is 0 Å². The van der Waals surface area contributed by atoms with E-state index in [4.69, 9.17) is 14.2 Å². The quantitative estimate of drug-likeness (QED) is 0.107. The lowest BCUT2D eigenvalue weighted by atomic mass is 9.93. The van der Waals surface area contributed by atoms with E-state index in [2.05, 4.69) is 26.6 Å². The molecule has 9 atom stereocenters. The van der Waals surface area contributed by atoms with E-state index < -0.39 is 116 Å². The van der Waals surface area contributed by atoms with Crippen LogP contribution in [0.5, 0.6) is 0 Å². The van der Waals surface area contributed by atoms with Crippen molar-refractivity contribution in [2.24, 2.45) is 0 Å². The Kier molecular flexibility index (Phi) is 15.1. The number of amides is 5. The molecule has 15 nitrogen and oxygen atoms in total. The number of carbonyl (C=O) groups is 3.